The number of azo groups is 1. The van der Waals surface area contributed by atoms with Gasteiger partial charge >= 0.3 is 0 Å². The number of carbonyl (C=O) groups excluding carboxylic acids is 1. The summed E-state index contributed by atoms with van der Waals surface area (Å²) in [5.41, 5.74) is 3.68. The molecule has 0 atom stereocenters. The lowest BCUT2D eigenvalue weighted by atomic mass is 10.1. The molecule has 1 aromatic heterocycles. The van der Waals surface area contributed by atoms with Crippen LogP contribution < -0.4 is 0 Å². The molecule has 3 aromatic rings. The molecular weight excluding hydrogens is 278 g/mol. The minimum atomic E-state index is -0.446. The Bertz CT molecular complexity index is 880. The van der Waals surface area contributed by atoms with Crippen LogP contribution >= 0.6 is 0 Å². The van der Waals surface area contributed by atoms with Crippen LogP contribution in [0.2, 0.25) is 0 Å². The topological polar surface area (TPSA) is 77.8 Å². The molecule has 110 valence electrons. The maximum atomic E-state index is 12.0. The summed E-state index contributed by atoms with van der Waals surface area (Å²) in [6.07, 6.45) is 0. The molecule has 0 radical (unpaired) electrons. The van der Waals surface area contributed by atoms with Gasteiger partial charge < -0.3 is 10.1 Å². The summed E-state index contributed by atoms with van der Waals surface area (Å²) in [6.45, 7) is 3.95. The summed E-state index contributed by atoms with van der Waals surface area (Å²) >= 11 is 0. The number of benzene rings is 2. The third-order valence-electron chi connectivity index (χ3n) is 3.72. The molecule has 2 aromatic carbocycles. The third-order valence-corrected chi connectivity index (χ3v) is 3.72. The predicted molar refractivity (Wildman–Crippen MR) is 84.7 cm³/mol. The fraction of sp³-hybridized carbons (Fsp3) is 0.118. The molecule has 0 bridgehead atoms. The Morgan fingerprint density at radius 3 is 2.55 bits per heavy atom. The summed E-state index contributed by atoms with van der Waals surface area (Å²) in [5, 5.41) is 18.4. The van der Waals surface area contributed by atoms with Crippen LogP contribution in [-0.4, -0.2) is 16.0 Å². The first-order valence-electron chi connectivity index (χ1n) is 6.90. The predicted octanol–water partition coefficient (Wildman–Crippen LogP) is 4.41. The van der Waals surface area contributed by atoms with Crippen molar-refractivity contribution in [3.63, 3.8) is 0 Å². The number of aromatic amines is 1. The third kappa shape index (κ3) is 2.37. The minimum absolute atomic E-state index is 0.0895. The van der Waals surface area contributed by atoms with Crippen LogP contribution in [0.1, 0.15) is 21.5 Å². The monoisotopic (exact) mass is 293 g/mol. The first-order valence-corrected chi connectivity index (χ1v) is 6.90. The number of aryl methyl sites for hydroxylation is 2. The molecule has 0 aliphatic carbocycles. The highest BCUT2D eigenvalue weighted by atomic mass is 16.3. The number of hydrogen-bond acceptors (Lipinski definition) is 3. The summed E-state index contributed by atoms with van der Waals surface area (Å²) < 4.78 is 0. The van der Waals surface area contributed by atoms with Crippen LogP contribution in [0.25, 0.3) is 10.9 Å². The second-order valence-corrected chi connectivity index (χ2v) is 5.12. The Morgan fingerprint density at radius 2 is 1.82 bits per heavy atom. The van der Waals surface area contributed by atoms with Gasteiger partial charge in [0.1, 0.15) is 0 Å². The first kappa shape index (κ1) is 14.0. The number of hydrogen-bond donors (Lipinski definition) is 2. The van der Waals surface area contributed by atoms with Crippen molar-refractivity contribution >= 4 is 22.5 Å². The number of carbonyl (C=O) groups is 1. The largest absolute Gasteiger partial charge is 0.493 e. The number of nitrogens with one attached hydrogen (secondary N) is 1. The quantitative estimate of drug-likeness (QED) is 0.686. The van der Waals surface area contributed by atoms with Crippen molar-refractivity contribution in [2.75, 3.05) is 0 Å². The van der Waals surface area contributed by atoms with Gasteiger partial charge in [0.2, 0.25) is 5.88 Å². The van der Waals surface area contributed by atoms with E-state index >= 15 is 0 Å². The Labute approximate surface area is 127 Å². The van der Waals surface area contributed by atoms with Gasteiger partial charge in [-0.2, -0.15) is 0 Å². The highest BCUT2D eigenvalue weighted by Gasteiger charge is 2.13. The van der Waals surface area contributed by atoms with Gasteiger partial charge in [-0.05, 0) is 37.1 Å². The Balaban J connectivity index is 2.01. The van der Waals surface area contributed by atoms with E-state index in [-0.39, 0.29) is 11.6 Å². The van der Waals surface area contributed by atoms with E-state index in [2.05, 4.69) is 15.2 Å². The minimum Gasteiger partial charge on any atom is -0.493 e. The van der Waals surface area contributed by atoms with Gasteiger partial charge in [-0.15, -0.1) is 10.2 Å². The summed E-state index contributed by atoms with van der Waals surface area (Å²) in [7, 11) is 0. The van der Waals surface area contributed by atoms with Crippen molar-refractivity contribution < 1.29 is 9.90 Å². The number of H-pyrrole nitrogens is 1. The molecule has 5 heteroatoms. The van der Waals surface area contributed by atoms with Crippen molar-refractivity contribution in [2.24, 2.45) is 10.2 Å². The van der Waals surface area contributed by atoms with E-state index in [4.69, 9.17) is 0 Å². The Kier molecular flexibility index (Phi) is 3.47. The van der Waals surface area contributed by atoms with Gasteiger partial charge in [0.25, 0.3) is 5.91 Å². The summed E-state index contributed by atoms with van der Waals surface area (Å²) in [4.78, 5) is 14.8. The molecule has 5 nitrogen and oxygen atoms in total. The van der Waals surface area contributed by atoms with Gasteiger partial charge in [-0.1, -0.05) is 30.3 Å². The molecule has 1 heterocycles. The lowest BCUT2D eigenvalue weighted by Gasteiger charge is -2.00. The lowest BCUT2D eigenvalue weighted by molar-refractivity contribution is 0.0995. The van der Waals surface area contributed by atoms with E-state index in [0.29, 0.717) is 5.56 Å². The molecule has 0 aliphatic heterocycles. The SMILES string of the molecule is Cc1ccc2c(N=NC(=O)c3ccccc3)c(O)[nH]c2c1C. The lowest BCUT2D eigenvalue weighted by Crippen LogP contribution is -1.91. The second kappa shape index (κ2) is 5.44. The van der Waals surface area contributed by atoms with Crippen molar-refractivity contribution in [1.29, 1.82) is 0 Å². The van der Waals surface area contributed by atoms with Crippen molar-refractivity contribution in [1.82, 2.24) is 4.98 Å². The Morgan fingerprint density at radius 1 is 1.09 bits per heavy atom. The zero-order valence-electron chi connectivity index (χ0n) is 12.3. The van der Waals surface area contributed by atoms with Crippen LogP contribution in [0.15, 0.2) is 52.7 Å². The van der Waals surface area contributed by atoms with Crippen molar-refractivity contribution in [2.45, 2.75) is 13.8 Å². The molecule has 0 fully saturated rings. The maximum Gasteiger partial charge on any atom is 0.295 e. The van der Waals surface area contributed by atoms with Crippen LogP contribution in [0.4, 0.5) is 5.69 Å². The van der Waals surface area contributed by atoms with Crippen LogP contribution in [0.3, 0.4) is 0 Å². The fourth-order valence-corrected chi connectivity index (χ4v) is 2.31. The average Bonchev–Trinajstić information content (AvgIpc) is 2.86. The van der Waals surface area contributed by atoms with Crippen LogP contribution in [-0.2, 0) is 0 Å². The molecular formula is C17H15N3O2. The fourth-order valence-electron chi connectivity index (χ4n) is 2.31. The first-order chi connectivity index (χ1) is 10.6. The zero-order valence-corrected chi connectivity index (χ0v) is 12.3. The number of fused-ring (bicyclic) bond motifs is 1. The van der Waals surface area contributed by atoms with E-state index in [9.17, 15) is 9.90 Å². The van der Waals surface area contributed by atoms with Gasteiger partial charge in [-0.3, -0.25) is 4.79 Å². The van der Waals surface area contributed by atoms with E-state index in [1.807, 2.05) is 32.0 Å². The molecule has 0 saturated carbocycles. The normalized spacial score (nSPS) is 11.4. The molecule has 0 aliphatic rings. The van der Waals surface area contributed by atoms with Gasteiger partial charge in [0, 0.05) is 10.9 Å². The molecule has 0 saturated heterocycles. The van der Waals surface area contributed by atoms with E-state index in [0.717, 1.165) is 22.0 Å². The molecule has 3 rings (SSSR count). The summed E-state index contributed by atoms with van der Waals surface area (Å²) in [6, 6.07) is 12.5. The molecule has 0 unspecified atom stereocenters. The van der Waals surface area contributed by atoms with Gasteiger partial charge in [-0.25, -0.2) is 0 Å². The van der Waals surface area contributed by atoms with Crippen LogP contribution in [0.5, 0.6) is 5.88 Å². The number of nitrogens with zero attached hydrogens (tertiary/aromatic N) is 2. The number of aromatic hydroxyl groups is 1. The molecule has 22 heavy (non-hydrogen) atoms. The Hall–Kier alpha value is -2.95. The maximum absolute atomic E-state index is 12.0. The van der Waals surface area contributed by atoms with Gasteiger partial charge in [0.15, 0.2) is 5.69 Å². The van der Waals surface area contributed by atoms with Gasteiger partial charge in [0.05, 0.1) is 5.52 Å². The zero-order chi connectivity index (χ0) is 15.7. The molecule has 1 amide bonds. The van der Waals surface area contributed by atoms with Crippen molar-refractivity contribution in [3.8, 4) is 5.88 Å². The van der Waals surface area contributed by atoms with Crippen molar-refractivity contribution in [3.05, 3.63) is 59.2 Å². The van der Waals surface area contributed by atoms with Crippen LogP contribution in [0, 0.1) is 13.8 Å². The van der Waals surface area contributed by atoms with E-state index in [1.54, 1.807) is 24.3 Å². The average molecular weight is 293 g/mol. The van der Waals surface area contributed by atoms with E-state index < -0.39 is 5.91 Å². The number of aromatic nitrogens is 1. The van der Waals surface area contributed by atoms with E-state index in [1.165, 1.54) is 0 Å². The summed E-state index contributed by atoms with van der Waals surface area (Å²) in [5.74, 6) is -0.536. The standard InChI is InChI=1S/C17H15N3O2/c1-10-8-9-13-14(11(10)2)18-17(22)15(13)19-20-16(21)12-6-4-3-5-7-12/h3-9,18,22H,1-2H3. The smallest absolute Gasteiger partial charge is 0.295 e. The highest BCUT2D eigenvalue weighted by Crippen LogP contribution is 2.37. The molecule has 2 N–H and O–H groups in total. The second-order valence-electron chi connectivity index (χ2n) is 5.12. The highest BCUT2D eigenvalue weighted by molar-refractivity contribution is 5.98. The molecule has 0 spiro atoms. The number of amides is 1. The number of rotatable bonds is 2.